The molecule has 0 saturated carbocycles. The van der Waals surface area contributed by atoms with Gasteiger partial charge < -0.3 is 4.74 Å². The maximum atomic E-state index is 5.77. The van der Waals surface area contributed by atoms with Crippen molar-refractivity contribution in [2.75, 3.05) is 7.11 Å². The summed E-state index contributed by atoms with van der Waals surface area (Å²) in [5.41, 5.74) is 0. The molecule has 0 saturated heterocycles. The van der Waals surface area contributed by atoms with Crippen LogP contribution in [0, 0.1) is 0 Å². The minimum Gasteiger partial charge on any atom is -0.499 e. The molecule has 0 spiro atoms. The van der Waals surface area contributed by atoms with Gasteiger partial charge >= 0.3 is 18.2 Å². The van der Waals surface area contributed by atoms with Crippen molar-refractivity contribution in [3.05, 3.63) is 23.2 Å². The van der Waals surface area contributed by atoms with Crippen molar-refractivity contribution in [1.29, 1.82) is 0 Å². The maximum Gasteiger partial charge on any atom is 0.512 e. The summed E-state index contributed by atoms with van der Waals surface area (Å²) >= 11 is 8.93. The average Bonchev–Trinajstić information content (AvgIpc) is 2.04. The van der Waals surface area contributed by atoms with E-state index in [1.165, 1.54) is 3.69 Å². The molecule has 1 nitrogen and oxygen atoms in total. The van der Waals surface area contributed by atoms with E-state index in [2.05, 4.69) is 12.9 Å². The Balaban J connectivity index is 3.06. The summed E-state index contributed by atoms with van der Waals surface area (Å²) in [6, 6.07) is 5.72. The highest BCUT2D eigenvalue weighted by Crippen LogP contribution is 2.14. The molecule has 4 heteroatoms. The zero-order valence-electron chi connectivity index (χ0n) is 6.10. The molecule has 0 atom stereocenters. The lowest BCUT2D eigenvalue weighted by molar-refractivity contribution is 0.418. The quantitative estimate of drug-likeness (QED) is 0.725. The number of hydrogen-bond donors (Lipinski definition) is 0. The Morgan fingerprint density at radius 2 is 2.27 bits per heavy atom. The Labute approximate surface area is 86.7 Å². The van der Waals surface area contributed by atoms with E-state index in [9.17, 15) is 0 Å². The number of rotatable bonds is 2. The van der Waals surface area contributed by atoms with E-state index in [4.69, 9.17) is 16.3 Å². The summed E-state index contributed by atoms with van der Waals surface area (Å²) < 4.78 is 6.38. The topological polar surface area (TPSA) is 9.23 Å². The molecule has 0 unspecified atom stereocenters. The van der Waals surface area contributed by atoms with Crippen molar-refractivity contribution >= 4 is 46.4 Å². The van der Waals surface area contributed by atoms with Gasteiger partial charge in [0.25, 0.3) is 0 Å². The molecular weight excluding hydrogens is 240 g/mol. The highest BCUT2D eigenvalue weighted by Gasteiger charge is 2.03. The molecule has 0 bridgehead atoms. The second kappa shape index (κ2) is 4.55. The Morgan fingerprint density at radius 3 is 2.82 bits per heavy atom. The fourth-order valence-electron chi connectivity index (χ4n) is 0.829. The van der Waals surface area contributed by atoms with Gasteiger partial charge in [-0.2, -0.15) is 0 Å². The summed E-state index contributed by atoms with van der Waals surface area (Å²) in [7, 11) is 1.66. The highest BCUT2D eigenvalue weighted by atomic mass is 79.9. The van der Waals surface area contributed by atoms with E-state index in [0.717, 1.165) is 10.8 Å². The van der Waals surface area contributed by atoms with E-state index in [0.29, 0.717) is 0 Å². The molecule has 0 aliphatic carbocycles. The molecule has 0 fully saturated rings. The molecule has 0 amide bonds. The number of benzene rings is 1. The average molecular weight is 246 g/mol. The van der Waals surface area contributed by atoms with Gasteiger partial charge in [-0.25, -0.2) is 0 Å². The predicted molar refractivity (Wildman–Crippen MR) is 52.3 cm³/mol. The summed E-state index contributed by atoms with van der Waals surface area (Å²) in [6.45, 7) is 0. The Hall–Kier alpha value is 0.556. The van der Waals surface area contributed by atoms with Gasteiger partial charge in [-0.1, -0.05) is 17.7 Å². The fourth-order valence-corrected chi connectivity index (χ4v) is 2.97. The van der Waals surface area contributed by atoms with Crippen LogP contribution in [-0.2, 0) is 0 Å². The maximum absolute atomic E-state index is 5.77. The molecule has 1 aromatic rings. The minimum atomic E-state index is -0.336. The first kappa shape index (κ1) is 9.64. The lowest BCUT2D eigenvalue weighted by Gasteiger charge is -2.05. The fraction of sp³-hybridized carbons (Fsp3) is 0.143. The van der Waals surface area contributed by atoms with Crippen LogP contribution in [0.1, 0.15) is 0 Å². The van der Waals surface area contributed by atoms with Crippen LogP contribution in [0.2, 0.25) is 5.02 Å². The van der Waals surface area contributed by atoms with E-state index in [1.54, 1.807) is 7.11 Å². The van der Waals surface area contributed by atoms with Gasteiger partial charge in [0.2, 0.25) is 0 Å². The lowest BCUT2D eigenvalue weighted by Crippen LogP contribution is -2.11. The molecule has 1 aromatic carbocycles. The van der Waals surface area contributed by atoms with Crippen LogP contribution in [0.5, 0.6) is 5.75 Å². The van der Waals surface area contributed by atoms with Crippen LogP contribution in [0.4, 0.5) is 0 Å². The van der Waals surface area contributed by atoms with Crippen LogP contribution >= 0.6 is 24.5 Å². The third-order valence-electron chi connectivity index (χ3n) is 1.39. The van der Waals surface area contributed by atoms with Crippen LogP contribution in [0.15, 0.2) is 18.2 Å². The van der Waals surface area contributed by atoms with E-state index in [1.807, 2.05) is 18.2 Å². The number of ether oxygens (including phenoxy) is 1. The smallest absolute Gasteiger partial charge is 0.499 e. The largest absolute Gasteiger partial charge is 0.512 e. The summed E-state index contributed by atoms with van der Waals surface area (Å²) in [5.74, 6) is 0.890. The van der Waals surface area contributed by atoms with Crippen molar-refractivity contribution in [2.45, 2.75) is 0 Å². The molecule has 0 aromatic heterocycles. The molecule has 0 radical (unpaired) electrons. The van der Waals surface area contributed by atoms with Crippen molar-refractivity contribution < 1.29 is 4.74 Å². The first-order chi connectivity index (χ1) is 5.27. The number of halogens is 2. The predicted octanol–water partition coefficient (Wildman–Crippen LogP) is 1.99. The molecular formula is C7H6BrClMgO. The van der Waals surface area contributed by atoms with Gasteiger partial charge in [-0.15, -0.1) is 3.69 Å². The van der Waals surface area contributed by atoms with Gasteiger partial charge in [0.05, 0.1) is 12.9 Å². The van der Waals surface area contributed by atoms with Gasteiger partial charge in [0.1, 0.15) is 0 Å². The second-order valence-electron chi connectivity index (χ2n) is 2.09. The Bertz CT molecular complexity index is 254. The highest BCUT2D eigenvalue weighted by molar-refractivity contribution is 9.23. The van der Waals surface area contributed by atoms with Crippen molar-refractivity contribution in [3.63, 3.8) is 0 Å². The van der Waals surface area contributed by atoms with Gasteiger partial charge in [0.15, 0.2) is 0 Å². The summed E-state index contributed by atoms with van der Waals surface area (Å²) in [6.07, 6.45) is 0. The third-order valence-corrected chi connectivity index (χ3v) is 4.31. The summed E-state index contributed by atoms with van der Waals surface area (Å²) in [5, 5.41) is 0.723. The van der Waals surface area contributed by atoms with Crippen LogP contribution in [0.3, 0.4) is 0 Å². The Kier molecular flexibility index (Phi) is 3.99. The third kappa shape index (κ3) is 2.51. The van der Waals surface area contributed by atoms with Gasteiger partial charge in [-0.3, -0.25) is 12.9 Å². The van der Waals surface area contributed by atoms with E-state index >= 15 is 0 Å². The van der Waals surface area contributed by atoms with Gasteiger partial charge in [0, 0.05) is 5.02 Å². The lowest BCUT2D eigenvalue weighted by atomic mass is 10.3. The van der Waals surface area contributed by atoms with Crippen LogP contribution in [-0.4, -0.2) is 25.3 Å². The Morgan fingerprint density at radius 1 is 1.55 bits per heavy atom. The van der Waals surface area contributed by atoms with E-state index in [-0.39, 0.29) is 18.2 Å². The zero-order chi connectivity index (χ0) is 8.27. The first-order valence-electron chi connectivity index (χ1n) is 3.16. The number of methoxy groups -OCH3 is 1. The molecule has 11 heavy (non-hydrogen) atoms. The minimum absolute atomic E-state index is 0.336. The van der Waals surface area contributed by atoms with Crippen LogP contribution < -0.4 is 8.43 Å². The summed E-state index contributed by atoms with van der Waals surface area (Å²) in [4.78, 5) is 0. The zero-order valence-corrected chi connectivity index (χ0v) is 9.86. The molecule has 0 aliphatic heterocycles. The standard InChI is InChI=1S/C7H6ClO.BrH.Mg/c1-9-7-4-2-3-6(8)5-7;;/h2-3,5H,1H3;1H;/q;;+1/p-1. The SMILES string of the molecule is COc1cc(Cl)cc[c]1[Mg][Br]. The van der Waals surface area contributed by atoms with Crippen LogP contribution in [0.25, 0.3) is 0 Å². The number of hydrogen-bond acceptors (Lipinski definition) is 1. The first-order valence-corrected chi connectivity index (χ1v) is 8.14. The molecule has 0 N–H and O–H groups in total. The molecule has 0 heterocycles. The van der Waals surface area contributed by atoms with Crippen molar-refractivity contribution in [2.24, 2.45) is 0 Å². The van der Waals surface area contributed by atoms with Crippen molar-refractivity contribution in [3.8, 4) is 5.75 Å². The van der Waals surface area contributed by atoms with Crippen molar-refractivity contribution in [1.82, 2.24) is 0 Å². The molecule has 56 valence electrons. The monoisotopic (exact) mass is 244 g/mol. The van der Waals surface area contributed by atoms with Gasteiger partial charge in [-0.05, 0) is 12.1 Å². The second-order valence-corrected chi connectivity index (χ2v) is 5.24. The van der Waals surface area contributed by atoms with E-state index < -0.39 is 0 Å². The molecule has 0 aliphatic rings. The normalized spacial score (nSPS) is 9.00. The molecule has 1 rings (SSSR count).